The number of rotatable bonds is 15. The monoisotopic (exact) mass is 394 g/mol. The molecule has 1 aliphatic carbocycles. The highest BCUT2D eigenvalue weighted by Gasteiger charge is 2.35. The second-order valence-corrected chi connectivity index (χ2v) is 9.39. The minimum atomic E-state index is -0.252. The van der Waals surface area contributed by atoms with Crippen LogP contribution in [0.3, 0.4) is 0 Å². The quantitative estimate of drug-likeness (QED) is 0.144. The van der Waals surface area contributed by atoms with Crippen molar-refractivity contribution in [3.8, 4) is 0 Å². The first kappa shape index (κ1) is 22.5. The number of aliphatic hydroxyl groups excluding tert-OH is 1. The first-order valence-electron chi connectivity index (χ1n) is 11.3. The summed E-state index contributed by atoms with van der Waals surface area (Å²) < 4.78 is 0. The zero-order valence-corrected chi connectivity index (χ0v) is 18.0. The maximum absolute atomic E-state index is 11.6. The maximum Gasteiger partial charge on any atom is 0.226 e. The van der Waals surface area contributed by atoms with E-state index in [9.17, 15) is 14.7 Å². The van der Waals surface area contributed by atoms with Crippen molar-refractivity contribution in [2.75, 3.05) is 5.75 Å². The largest absolute Gasteiger partial charge is 0.511 e. The highest BCUT2D eigenvalue weighted by Crippen LogP contribution is 2.45. The molecular weight excluding hydrogens is 356 g/mol. The topological polar surface area (TPSA) is 54.4 Å². The molecule has 1 aliphatic heterocycles. The standard InChI is InChI=1S/C23H38O3S/c1-2-3-4-5-7-10-13-18-16-19(18)14-11-8-6-9-12-15-20(24)22-21(25)17-27-23(22)26/h18-19,24H,2-17H2,1H3. The molecule has 0 aromatic rings. The summed E-state index contributed by atoms with van der Waals surface area (Å²) in [5.41, 5.74) is 0.0603. The average Bonchev–Trinajstić information content (AvgIpc) is 3.31. The zero-order valence-electron chi connectivity index (χ0n) is 17.1. The van der Waals surface area contributed by atoms with Crippen molar-refractivity contribution < 1.29 is 14.7 Å². The fraction of sp³-hybridized carbons (Fsp3) is 0.826. The van der Waals surface area contributed by atoms with Gasteiger partial charge in [-0.15, -0.1) is 0 Å². The highest BCUT2D eigenvalue weighted by atomic mass is 32.2. The van der Waals surface area contributed by atoms with Gasteiger partial charge >= 0.3 is 0 Å². The second kappa shape index (κ2) is 12.6. The molecule has 27 heavy (non-hydrogen) atoms. The van der Waals surface area contributed by atoms with Crippen LogP contribution in [0.5, 0.6) is 0 Å². The Hall–Kier alpha value is -0.770. The predicted octanol–water partition coefficient (Wildman–Crippen LogP) is 6.76. The molecular formula is C23H38O3S. The van der Waals surface area contributed by atoms with Crippen LogP contribution in [0.15, 0.2) is 11.3 Å². The third-order valence-electron chi connectivity index (χ3n) is 6.09. The van der Waals surface area contributed by atoms with E-state index in [1.807, 2.05) is 0 Å². The van der Waals surface area contributed by atoms with Crippen molar-refractivity contribution in [3.05, 3.63) is 11.3 Å². The van der Waals surface area contributed by atoms with Crippen molar-refractivity contribution in [1.82, 2.24) is 0 Å². The van der Waals surface area contributed by atoms with Gasteiger partial charge in [-0.3, -0.25) is 9.59 Å². The van der Waals surface area contributed by atoms with Crippen molar-refractivity contribution in [2.24, 2.45) is 11.8 Å². The molecule has 2 atom stereocenters. The molecule has 1 N–H and O–H groups in total. The van der Waals surface area contributed by atoms with Gasteiger partial charge in [0.15, 0.2) is 5.78 Å². The van der Waals surface area contributed by atoms with E-state index in [0.29, 0.717) is 6.42 Å². The zero-order chi connectivity index (χ0) is 19.5. The Bertz CT molecular complexity index is 494. The number of aliphatic hydroxyl groups is 1. The predicted molar refractivity (Wildman–Crippen MR) is 114 cm³/mol. The Morgan fingerprint density at radius 3 is 2.00 bits per heavy atom. The molecule has 4 heteroatoms. The minimum absolute atomic E-state index is 0.0190. The van der Waals surface area contributed by atoms with Crippen LogP contribution in [0.25, 0.3) is 0 Å². The van der Waals surface area contributed by atoms with Gasteiger partial charge in [-0.25, -0.2) is 0 Å². The number of thioether (sulfide) groups is 1. The van der Waals surface area contributed by atoms with Gasteiger partial charge in [0.2, 0.25) is 5.12 Å². The summed E-state index contributed by atoms with van der Waals surface area (Å²) in [5.74, 6) is 2.04. The van der Waals surface area contributed by atoms with E-state index >= 15 is 0 Å². The van der Waals surface area contributed by atoms with E-state index in [1.165, 1.54) is 77.0 Å². The molecule has 0 bridgehead atoms. The van der Waals surface area contributed by atoms with Gasteiger partial charge in [-0.05, 0) is 24.7 Å². The molecule has 1 saturated heterocycles. The lowest BCUT2D eigenvalue weighted by molar-refractivity contribution is -0.115. The molecule has 2 unspecified atom stereocenters. The van der Waals surface area contributed by atoms with E-state index in [4.69, 9.17) is 0 Å². The summed E-state index contributed by atoms with van der Waals surface area (Å²) in [7, 11) is 0. The summed E-state index contributed by atoms with van der Waals surface area (Å²) in [5, 5.41) is 9.71. The third-order valence-corrected chi connectivity index (χ3v) is 6.96. The van der Waals surface area contributed by atoms with Crippen LogP contribution >= 0.6 is 11.8 Å². The van der Waals surface area contributed by atoms with Crippen LogP contribution in [-0.2, 0) is 9.59 Å². The highest BCUT2D eigenvalue weighted by molar-refractivity contribution is 8.15. The third kappa shape index (κ3) is 8.41. The average molecular weight is 395 g/mol. The van der Waals surface area contributed by atoms with E-state index in [-0.39, 0.29) is 28.0 Å². The molecule has 0 amide bonds. The van der Waals surface area contributed by atoms with E-state index in [2.05, 4.69) is 6.92 Å². The molecule has 2 rings (SSSR count). The summed E-state index contributed by atoms with van der Waals surface area (Å²) in [4.78, 5) is 23.1. The molecule has 2 fully saturated rings. The first-order valence-corrected chi connectivity index (χ1v) is 12.2. The maximum atomic E-state index is 11.6. The van der Waals surface area contributed by atoms with Crippen molar-refractivity contribution in [3.63, 3.8) is 0 Å². The number of hydrogen-bond acceptors (Lipinski definition) is 4. The Kier molecular flexibility index (Phi) is 10.5. The van der Waals surface area contributed by atoms with Crippen molar-refractivity contribution >= 4 is 22.7 Å². The molecule has 154 valence electrons. The lowest BCUT2D eigenvalue weighted by Gasteiger charge is -2.04. The fourth-order valence-corrected chi connectivity index (χ4v) is 5.01. The molecule has 1 heterocycles. The van der Waals surface area contributed by atoms with Crippen LogP contribution in [0.2, 0.25) is 0 Å². The molecule has 3 nitrogen and oxygen atoms in total. The molecule has 1 saturated carbocycles. The van der Waals surface area contributed by atoms with Crippen LogP contribution in [0.1, 0.15) is 103 Å². The smallest absolute Gasteiger partial charge is 0.226 e. The number of Topliss-reactive ketones (excluding diaryl/α,β-unsaturated/α-hetero) is 1. The van der Waals surface area contributed by atoms with Gasteiger partial charge in [-0.1, -0.05) is 95.7 Å². The number of hydrogen-bond donors (Lipinski definition) is 1. The van der Waals surface area contributed by atoms with Crippen LogP contribution in [-0.4, -0.2) is 21.8 Å². The molecule has 0 spiro atoms. The molecule has 2 aliphatic rings. The number of allylic oxidation sites excluding steroid dienone is 1. The van der Waals surface area contributed by atoms with Gasteiger partial charge in [0, 0.05) is 6.42 Å². The molecule has 0 aromatic carbocycles. The Labute approximate surface area is 169 Å². The van der Waals surface area contributed by atoms with Crippen molar-refractivity contribution in [2.45, 2.75) is 103 Å². The Morgan fingerprint density at radius 1 is 0.889 bits per heavy atom. The second-order valence-electron chi connectivity index (χ2n) is 8.44. The van der Waals surface area contributed by atoms with Gasteiger partial charge in [0.1, 0.15) is 11.3 Å². The van der Waals surface area contributed by atoms with E-state index in [1.54, 1.807) is 0 Å². The van der Waals surface area contributed by atoms with Gasteiger partial charge in [0.25, 0.3) is 0 Å². The van der Waals surface area contributed by atoms with Gasteiger partial charge < -0.3 is 5.11 Å². The normalized spacial score (nSPS) is 23.9. The Morgan fingerprint density at radius 2 is 1.44 bits per heavy atom. The van der Waals surface area contributed by atoms with Crippen LogP contribution in [0, 0.1) is 11.8 Å². The summed E-state index contributed by atoms with van der Waals surface area (Å²) in [6, 6.07) is 0. The number of unbranched alkanes of at least 4 members (excludes halogenated alkanes) is 9. The van der Waals surface area contributed by atoms with Crippen molar-refractivity contribution in [1.29, 1.82) is 0 Å². The number of carbonyl (C=O) groups is 2. The minimum Gasteiger partial charge on any atom is -0.511 e. The number of ketones is 1. The van der Waals surface area contributed by atoms with Crippen LogP contribution in [0.4, 0.5) is 0 Å². The van der Waals surface area contributed by atoms with Gasteiger partial charge in [-0.2, -0.15) is 0 Å². The fourth-order valence-electron chi connectivity index (χ4n) is 4.23. The van der Waals surface area contributed by atoms with E-state index < -0.39 is 0 Å². The summed E-state index contributed by atoms with van der Waals surface area (Å²) in [6.07, 6.45) is 19.0. The SMILES string of the molecule is CCCCCCCCC1CC1CCCCCCCC(O)=C1C(=O)CSC1=O. The number of carbonyl (C=O) groups excluding carboxylic acids is 2. The first-order chi connectivity index (χ1) is 13.1. The lowest BCUT2D eigenvalue weighted by atomic mass is 10.0. The summed E-state index contributed by atoms with van der Waals surface area (Å²) >= 11 is 1.00. The summed E-state index contributed by atoms with van der Waals surface area (Å²) in [6.45, 7) is 2.27. The Balaban J connectivity index is 1.40. The van der Waals surface area contributed by atoms with Gasteiger partial charge in [0.05, 0.1) is 5.75 Å². The molecule has 0 radical (unpaired) electrons. The van der Waals surface area contributed by atoms with E-state index in [0.717, 1.165) is 36.4 Å². The lowest BCUT2D eigenvalue weighted by Crippen LogP contribution is -2.05. The van der Waals surface area contributed by atoms with Crippen LogP contribution < -0.4 is 0 Å². The molecule has 0 aromatic heterocycles.